The summed E-state index contributed by atoms with van der Waals surface area (Å²) in [5.41, 5.74) is -1.00. The zero-order valence-corrected chi connectivity index (χ0v) is 14.0. The van der Waals surface area contributed by atoms with Gasteiger partial charge in [0.2, 0.25) is 11.7 Å². The van der Waals surface area contributed by atoms with E-state index in [1.54, 1.807) is 30.6 Å². The minimum Gasteiger partial charge on any atom is -0.460 e. The highest BCUT2D eigenvalue weighted by atomic mass is 32.2. The Morgan fingerprint density at radius 2 is 1.73 bits per heavy atom. The van der Waals surface area contributed by atoms with Crippen LogP contribution >= 0.6 is 0 Å². The first-order valence-corrected chi connectivity index (χ1v) is 8.96. The van der Waals surface area contributed by atoms with Crippen molar-refractivity contribution in [3.05, 3.63) is 43.0 Å². The summed E-state index contributed by atoms with van der Waals surface area (Å²) in [4.78, 5) is 7.89. The van der Waals surface area contributed by atoms with Crippen molar-refractivity contribution in [1.82, 2.24) is 9.97 Å². The number of pyridine rings is 2. The largest absolute Gasteiger partial charge is 0.460 e. The van der Waals surface area contributed by atoms with Crippen LogP contribution in [0.3, 0.4) is 0 Å². The molecule has 1 aliphatic heterocycles. The number of aliphatic hydroxyl groups is 3. The van der Waals surface area contributed by atoms with Crippen molar-refractivity contribution < 1.29 is 37.8 Å². The summed E-state index contributed by atoms with van der Waals surface area (Å²) in [6, 6.07) is 5.04. The highest BCUT2D eigenvalue weighted by Crippen LogP contribution is 2.32. The molecule has 0 saturated carbocycles. The molecular formula is C15H16N2O8S. The van der Waals surface area contributed by atoms with Crippen molar-refractivity contribution in [3.63, 3.8) is 0 Å². The van der Waals surface area contributed by atoms with Crippen LogP contribution in [0.4, 0.5) is 0 Å². The van der Waals surface area contributed by atoms with E-state index < -0.39 is 40.2 Å². The van der Waals surface area contributed by atoms with Crippen molar-refractivity contribution in [2.75, 3.05) is 0 Å². The summed E-state index contributed by atoms with van der Waals surface area (Å²) in [5, 5.41) is 29.6. The molecule has 0 radical (unpaired) electrons. The molecule has 3 heterocycles. The molecule has 5 atom stereocenters. The highest BCUT2D eigenvalue weighted by molar-refractivity contribution is 7.86. The Morgan fingerprint density at radius 3 is 2.38 bits per heavy atom. The molecule has 10 nitrogen and oxygen atoms in total. The van der Waals surface area contributed by atoms with Gasteiger partial charge in [-0.1, -0.05) is 6.07 Å². The molecule has 0 amide bonds. The lowest BCUT2D eigenvalue weighted by molar-refractivity contribution is -0.254. The third-order valence-corrected chi connectivity index (χ3v) is 4.80. The van der Waals surface area contributed by atoms with Crippen LogP contribution in [-0.2, 0) is 14.9 Å². The van der Waals surface area contributed by atoms with Crippen LogP contribution in [0.1, 0.15) is 0 Å². The zero-order valence-electron chi connectivity index (χ0n) is 13.2. The average molecular weight is 384 g/mol. The maximum atomic E-state index is 11.3. The van der Waals surface area contributed by atoms with Crippen LogP contribution in [-0.4, -0.2) is 68.3 Å². The van der Waals surface area contributed by atoms with Crippen LogP contribution in [0, 0.1) is 0 Å². The van der Waals surface area contributed by atoms with E-state index in [2.05, 4.69) is 9.97 Å². The predicted molar refractivity (Wildman–Crippen MR) is 86.3 cm³/mol. The number of nitrogens with zero attached hydrogens (tertiary/aromatic N) is 2. The van der Waals surface area contributed by atoms with Gasteiger partial charge in [-0.2, -0.15) is 8.42 Å². The monoisotopic (exact) mass is 384 g/mol. The fraction of sp³-hybridized carbons (Fsp3) is 0.333. The molecule has 1 saturated heterocycles. The molecule has 4 N–H and O–H groups in total. The van der Waals surface area contributed by atoms with Gasteiger partial charge in [-0.05, 0) is 12.1 Å². The van der Waals surface area contributed by atoms with Gasteiger partial charge in [0.15, 0.2) is 0 Å². The minimum absolute atomic E-state index is 0.113. The fourth-order valence-electron chi connectivity index (χ4n) is 2.52. The molecule has 2 aromatic rings. The Hall–Kier alpha value is -2.15. The van der Waals surface area contributed by atoms with E-state index in [0.29, 0.717) is 11.1 Å². The molecule has 140 valence electrons. The fourth-order valence-corrected chi connectivity index (χ4v) is 3.28. The van der Waals surface area contributed by atoms with E-state index in [9.17, 15) is 23.7 Å². The van der Waals surface area contributed by atoms with Gasteiger partial charge in [-0.3, -0.25) is 14.5 Å². The lowest BCUT2D eigenvalue weighted by Gasteiger charge is -2.38. The molecule has 2 aromatic heterocycles. The predicted octanol–water partition coefficient (Wildman–Crippen LogP) is -0.825. The Bertz CT molecular complexity index is 863. The van der Waals surface area contributed by atoms with Crippen molar-refractivity contribution in [1.29, 1.82) is 0 Å². The highest BCUT2D eigenvalue weighted by Gasteiger charge is 2.50. The van der Waals surface area contributed by atoms with Crippen molar-refractivity contribution in [3.8, 4) is 16.9 Å². The molecule has 3 rings (SSSR count). The number of hydrogen-bond acceptors (Lipinski definition) is 9. The average Bonchev–Trinajstić information content (AvgIpc) is 2.62. The Balaban J connectivity index is 1.91. The first-order chi connectivity index (χ1) is 12.3. The third-order valence-electron chi connectivity index (χ3n) is 3.82. The third kappa shape index (κ3) is 3.67. The number of ether oxygens (including phenoxy) is 2. The van der Waals surface area contributed by atoms with E-state index in [1.165, 1.54) is 12.4 Å². The second kappa shape index (κ2) is 7.23. The summed E-state index contributed by atoms with van der Waals surface area (Å²) in [7, 11) is -4.87. The summed E-state index contributed by atoms with van der Waals surface area (Å²) in [6.45, 7) is 0. The number of aliphatic hydroxyl groups excluding tert-OH is 3. The Kier molecular flexibility index (Phi) is 5.18. The van der Waals surface area contributed by atoms with E-state index in [1.807, 2.05) is 0 Å². The molecule has 26 heavy (non-hydrogen) atoms. The zero-order chi connectivity index (χ0) is 18.9. The smallest absolute Gasteiger partial charge is 0.295 e. The maximum Gasteiger partial charge on any atom is 0.295 e. The minimum atomic E-state index is -4.87. The lowest BCUT2D eigenvalue weighted by Crippen LogP contribution is -2.61. The molecule has 11 heteroatoms. The van der Waals surface area contributed by atoms with Crippen molar-refractivity contribution in [2.45, 2.75) is 30.0 Å². The van der Waals surface area contributed by atoms with E-state index in [-0.39, 0.29) is 5.75 Å². The molecule has 1 aliphatic rings. The molecule has 0 aromatic carbocycles. The van der Waals surface area contributed by atoms with Crippen molar-refractivity contribution in [2.24, 2.45) is 0 Å². The van der Waals surface area contributed by atoms with Crippen LogP contribution in [0.2, 0.25) is 0 Å². The first kappa shape index (κ1) is 18.6. The molecular weight excluding hydrogens is 368 g/mol. The van der Waals surface area contributed by atoms with Gasteiger partial charge in [-0.25, -0.2) is 0 Å². The van der Waals surface area contributed by atoms with Crippen LogP contribution < -0.4 is 4.74 Å². The van der Waals surface area contributed by atoms with Crippen molar-refractivity contribution >= 4 is 10.1 Å². The number of aromatic nitrogens is 2. The molecule has 0 spiro atoms. The summed E-state index contributed by atoms with van der Waals surface area (Å²) < 4.78 is 42.3. The topological polar surface area (TPSA) is 159 Å². The first-order valence-electron chi connectivity index (χ1n) is 7.46. The van der Waals surface area contributed by atoms with Crippen LogP contribution in [0.15, 0.2) is 43.0 Å². The quantitative estimate of drug-likeness (QED) is 0.490. The van der Waals surface area contributed by atoms with E-state index in [0.717, 1.165) is 0 Å². The summed E-state index contributed by atoms with van der Waals surface area (Å²) >= 11 is 0. The molecule has 0 aliphatic carbocycles. The second-order valence-electron chi connectivity index (χ2n) is 5.59. The lowest BCUT2D eigenvalue weighted by atomic mass is 10.1. The van der Waals surface area contributed by atoms with Gasteiger partial charge in [0.25, 0.3) is 10.1 Å². The summed E-state index contributed by atoms with van der Waals surface area (Å²) in [6.07, 6.45) is -1.49. The molecule has 0 bridgehead atoms. The van der Waals surface area contributed by atoms with E-state index >= 15 is 0 Å². The van der Waals surface area contributed by atoms with Crippen LogP contribution in [0.25, 0.3) is 11.1 Å². The Morgan fingerprint density at radius 1 is 1.00 bits per heavy atom. The van der Waals surface area contributed by atoms with Gasteiger partial charge >= 0.3 is 0 Å². The molecule has 1 unspecified atom stereocenters. The number of rotatable bonds is 4. The van der Waals surface area contributed by atoms with Gasteiger partial charge in [0.05, 0.1) is 6.20 Å². The molecule has 1 fully saturated rings. The van der Waals surface area contributed by atoms with E-state index in [4.69, 9.17) is 14.0 Å². The van der Waals surface area contributed by atoms with Gasteiger partial charge in [-0.15, -0.1) is 0 Å². The summed E-state index contributed by atoms with van der Waals surface area (Å²) in [5.74, 6) is 0.113. The van der Waals surface area contributed by atoms with Crippen LogP contribution in [0.5, 0.6) is 5.75 Å². The maximum absolute atomic E-state index is 11.3. The van der Waals surface area contributed by atoms with Gasteiger partial charge < -0.3 is 24.8 Å². The van der Waals surface area contributed by atoms with Gasteiger partial charge in [0.1, 0.15) is 24.1 Å². The Labute approximate surface area is 148 Å². The second-order valence-corrected chi connectivity index (χ2v) is 7.09. The normalized spacial score (nSPS) is 29.3. The SMILES string of the molecule is O=S(=O)(O)C1O[C@@H](Oc2cnccc2-c2cccnc2)[C@H](O)[C@@H](O)[C@@H]1O. The number of hydrogen-bond donors (Lipinski definition) is 4. The standard InChI is InChI=1S/C15H16N2O8S/c18-11-12(19)14(25-15(13(11)20)26(21,22)23)24-10-7-17-5-3-9(10)8-2-1-4-16-6-8/h1-7,11-15,18-20H,(H,21,22,23)/t11-,12-,13+,14-,15?/m1/s1. The van der Waals surface area contributed by atoms with Gasteiger partial charge in [0, 0.05) is 29.7 Å².